The van der Waals surface area contributed by atoms with E-state index in [1.165, 1.54) is 21.5 Å². The molecule has 0 amide bonds. The summed E-state index contributed by atoms with van der Waals surface area (Å²) in [6.45, 7) is 2.05. The Bertz CT molecular complexity index is 2620. The van der Waals surface area contributed by atoms with E-state index in [1.54, 1.807) is 0 Å². The highest BCUT2D eigenvalue weighted by Crippen LogP contribution is 2.37. The maximum absolute atomic E-state index is 5.21. The molecule has 0 saturated heterocycles. The first kappa shape index (κ1) is 30.4. The molecule has 0 radical (unpaired) electrons. The first-order valence-corrected chi connectivity index (χ1v) is 17.3. The zero-order valence-corrected chi connectivity index (χ0v) is 28.2. The van der Waals surface area contributed by atoms with Crippen molar-refractivity contribution >= 4 is 21.5 Å². The standard InChI is InChI=1S/C48H33N3/c1-32-43(17-10-26-49-32)35-20-18-33(19-21-35)40-27-41(39-25-24-36-23-22-34-11-8-9-16-44(34)45(36)30-39)29-42(28-40)48-50-46(37-12-4-2-5-13-37)31-47(51-48)38-14-6-3-7-15-38/h2-31H,1H3. The van der Waals surface area contributed by atoms with Crippen LogP contribution in [0.25, 0.3) is 88.8 Å². The van der Waals surface area contributed by atoms with Crippen LogP contribution in [0.4, 0.5) is 0 Å². The van der Waals surface area contributed by atoms with Gasteiger partial charge in [0.15, 0.2) is 5.82 Å². The van der Waals surface area contributed by atoms with Gasteiger partial charge in [0.2, 0.25) is 0 Å². The molecule has 9 aromatic rings. The van der Waals surface area contributed by atoms with Crippen LogP contribution < -0.4 is 0 Å². The van der Waals surface area contributed by atoms with Crippen molar-refractivity contribution in [2.45, 2.75) is 6.92 Å². The summed E-state index contributed by atoms with van der Waals surface area (Å²) in [4.78, 5) is 14.9. The number of pyridine rings is 1. The topological polar surface area (TPSA) is 38.7 Å². The highest BCUT2D eigenvalue weighted by Gasteiger charge is 2.15. The fraction of sp³-hybridized carbons (Fsp3) is 0.0208. The Morgan fingerprint density at radius 3 is 1.59 bits per heavy atom. The van der Waals surface area contributed by atoms with Gasteiger partial charge in [-0.2, -0.15) is 0 Å². The van der Waals surface area contributed by atoms with Crippen molar-refractivity contribution in [3.05, 3.63) is 188 Å². The zero-order valence-electron chi connectivity index (χ0n) is 28.2. The molecule has 0 atom stereocenters. The molecule has 240 valence electrons. The van der Waals surface area contributed by atoms with Crippen LogP contribution >= 0.6 is 0 Å². The van der Waals surface area contributed by atoms with Crippen LogP contribution in [0.1, 0.15) is 5.69 Å². The van der Waals surface area contributed by atoms with Gasteiger partial charge in [-0.3, -0.25) is 4.98 Å². The third kappa shape index (κ3) is 5.96. The van der Waals surface area contributed by atoms with Crippen molar-refractivity contribution in [3.63, 3.8) is 0 Å². The van der Waals surface area contributed by atoms with Gasteiger partial charge in [-0.25, -0.2) is 9.97 Å². The Balaban J connectivity index is 1.25. The van der Waals surface area contributed by atoms with E-state index in [9.17, 15) is 0 Å². The van der Waals surface area contributed by atoms with Gasteiger partial charge >= 0.3 is 0 Å². The van der Waals surface area contributed by atoms with Crippen LogP contribution in [-0.2, 0) is 0 Å². The van der Waals surface area contributed by atoms with Gasteiger partial charge in [0.1, 0.15) is 0 Å². The molecule has 0 N–H and O–H groups in total. The van der Waals surface area contributed by atoms with Crippen LogP contribution in [-0.4, -0.2) is 15.0 Å². The number of nitrogens with zero attached hydrogens (tertiary/aromatic N) is 3. The SMILES string of the molecule is Cc1ncccc1-c1ccc(-c2cc(-c3ccc4ccc5ccccc5c4c3)cc(-c3nc(-c4ccccc4)cc(-c4ccccc4)n3)c2)cc1. The molecule has 0 bridgehead atoms. The monoisotopic (exact) mass is 651 g/mol. The lowest BCUT2D eigenvalue weighted by Crippen LogP contribution is -1.97. The second-order valence-electron chi connectivity index (χ2n) is 12.9. The van der Waals surface area contributed by atoms with Crippen LogP contribution in [0.5, 0.6) is 0 Å². The number of hydrogen-bond donors (Lipinski definition) is 0. The molecule has 0 unspecified atom stereocenters. The Morgan fingerprint density at radius 2 is 0.902 bits per heavy atom. The molecular weight excluding hydrogens is 619 g/mol. The van der Waals surface area contributed by atoms with Crippen molar-refractivity contribution < 1.29 is 0 Å². The van der Waals surface area contributed by atoms with Crippen molar-refractivity contribution in [1.82, 2.24) is 15.0 Å². The molecule has 0 saturated carbocycles. The molecule has 7 aromatic carbocycles. The summed E-state index contributed by atoms with van der Waals surface area (Å²) in [6, 6.07) is 62.3. The van der Waals surface area contributed by atoms with Gasteiger partial charge in [-0.05, 0) is 92.7 Å². The number of benzene rings is 7. The van der Waals surface area contributed by atoms with E-state index in [-0.39, 0.29) is 0 Å². The minimum Gasteiger partial charge on any atom is -0.261 e. The maximum atomic E-state index is 5.21. The van der Waals surface area contributed by atoms with Gasteiger partial charge in [0.25, 0.3) is 0 Å². The Labute approximate surface area is 297 Å². The second kappa shape index (κ2) is 13.0. The van der Waals surface area contributed by atoms with Gasteiger partial charge in [0, 0.05) is 34.1 Å². The van der Waals surface area contributed by atoms with Gasteiger partial charge < -0.3 is 0 Å². The van der Waals surface area contributed by atoms with E-state index >= 15 is 0 Å². The summed E-state index contributed by atoms with van der Waals surface area (Å²) in [7, 11) is 0. The molecule has 0 spiro atoms. The van der Waals surface area contributed by atoms with Gasteiger partial charge in [0.05, 0.1) is 11.4 Å². The number of hydrogen-bond acceptors (Lipinski definition) is 3. The quantitative estimate of drug-likeness (QED) is 0.168. The highest BCUT2D eigenvalue weighted by molar-refractivity contribution is 6.08. The van der Waals surface area contributed by atoms with Crippen molar-refractivity contribution in [3.8, 4) is 67.3 Å². The van der Waals surface area contributed by atoms with Crippen molar-refractivity contribution in [2.75, 3.05) is 0 Å². The molecule has 51 heavy (non-hydrogen) atoms. The lowest BCUT2D eigenvalue weighted by Gasteiger charge is -2.14. The van der Waals surface area contributed by atoms with Crippen LogP contribution in [0.2, 0.25) is 0 Å². The molecule has 0 aliphatic carbocycles. The van der Waals surface area contributed by atoms with E-state index in [0.29, 0.717) is 5.82 Å². The lowest BCUT2D eigenvalue weighted by molar-refractivity contribution is 1.18. The summed E-state index contributed by atoms with van der Waals surface area (Å²) >= 11 is 0. The average molecular weight is 652 g/mol. The first-order chi connectivity index (χ1) is 25.2. The summed E-state index contributed by atoms with van der Waals surface area (Å²) in [6.07, 6.45) is 1.84. The fourth-order valence-electron chi connectivity index (χ4n) is 6.99. The van der Waals surface area contributed by atoms with Crippen LogP contribution in [0.3, 0.4) is 0 Å². The lowest BCUT2D eigenvalue weighted by atomic mass is 9.92. The molecule has 3 heteroatoms. The van der Waals surface area contributed by atoms with Crippen LogP contribution in [0.15, 0.2) is 182 Å². The number of fused-ring (bicyclic) bond motifs is 3. The highest BCUT2D eigenvalue weighted by atomic mass is 14.9. The number of aromatic nitrogens is 3. The molecule has 9 rings (SSSR count). The summed E-state index contributed by atoms with van der Waals surface area (Å²) in [5, 5.41) is 4.95. The van der Waals surface area contributed by atoms with Crippen molar-refractivity contribution in [1.29, 1.82) is 0 Å². The third-order valence-corrected chi connectivity index (χ3v) is 9.67. The molecule has 0 aliphatic rings. The maximum Gasteiger partial charge on any atom is 0.160 e. The van der Waals surface area contributed by atoms with E-state index in [0.717, 1.165) is 67.2 Å². The summed E-state index contributed by atoms with van der Waals surface area (Å²) in [5.74, 6) is 0.687. The fourth-order valence-corrected chi connectivity index (χ4v) is 6.99. The van der Waals surface area contributed by atoms with E-state index in [1.807, 2.05) is 24.4 Å². The average Bonchev–Trinajstić information content (AvgIpc) is 3.21. The van der Waals surface area contributed by atoms with E-state index in [4.69, 9.17) is 9.97 Å². The van der Waals surface area contributed by atoms with Crippen LogP contribution in [0, 0.1) is 6.92 Å². The van der Waals surface area contributed by atoms with Crippen molar-refractivity contribution in [2.24, 2.45) is 0 Å². The molecule has 2 heterocycles. The minimum atomic E-state index is 0.687. The zero-order chi connectivity index (χ0) is 34.1. The van der Waals surface area contributed by atoms with Gasteiger partial charge in [-0.15, -0.1) is 0 Å². The first-order valence-electron chi connectivity index (χ1n) is 17.3. The Hall–Kier alpha value is -6.71. The molecule has 0 aliphatic heterocycles. The summed E-state index contributed by atoms with van der Waals surface area (Å²) in [5.41, 5.74) is 12.6. The molecular formula is C48H33N3. The van der Waals surface area contributed by atoms with Gasteiger partial charge in [-0.1, -0.05) is 140 Å². The normalized spacial score (nSPS) is 11.2. The molecule has 3 nitrogen and oxygen atoms in total. The minimum absolute atomic E-state index is 0.687. The molecule has 0 fully saturated rings. The van der Waals surface area contributed by atoms with E-state index < -0.39 is 0 Å². The number of aryl methyl sites for hydroxylation is 1. The third-order valence-electron chi connectivity index (χ3n) is 9.67. The second-order valence-corrected chi connectivity index (χ2v) is 12.9. The molecule has 2 aromatic heterocycles. The summed E-state index contributed by atoms with van der Waals surface area (Å²) < 4.78 is 0. The van der Waals surface area contributed by atoms with E-state index in [2.05, 4.69) is 170 Å². The largest absolute Gasteiger partial charge is 0.261 e. The smallest absolute Gasteiger partial charge is 0.160 e. The predicted octanol–water partition coefficient (Wildman–Crippen LogP) is 12.5. The number of rotatable bonds is 6. The Kier molecular flexibility index (Phi) is 7.71. The predicted molar refractivity (Wildman–Crippen MR) is 212 cm³/mol. The Morgan fingerprint density at radius 1 is 0.353 bits per heavy atom.